The van der Waals surface area contributed by atoms with Gasteiger partial charge >= 0.3 is 12.0 Å². The van der Waals surface area contributed by atoms with Gasteiger partial charge in [0.15, 0.2) is 6.10 Å². The summed E-state index contributed by atoms with van der Waals surface area (Å²) in [4.78, 5) is 35.5. The number of benzene rings is 1. The Morgan fingerprint density at radius 2 is 1.69 bits per heavy atom. The topological polar surface area (TPSA) is 89.4 Å². The Labute approximate surface area is 152 Å². The first kappa shape index (κ1) is 19.2. The van der Waals surface area contributed by atoms with E-state index in [2.05, 4.69) is 10.6 Å². The number of hydrogen-bond donors (Lipinski definition) is 2. The molecule has 0 fully saturated rings. The zero-order valence-electron chi connectivity index (χ0n) is 15.5. The molecule has 2 N–H and O–H groups in total. The number of aryl methyl sites for hydroxylation is 2. The van der Waals surface area contributed by atoms with E-state index in [1.165, 1.54) is 14.0 Å². The molecule has 3 amide bonds. The van der Waals surface area contributed by atoms with Crippen LogP contribution in [-0.4, -0.2) is 35.6 Å². The SMILES string of the molecule is CNC(=O)NC(=O)[C@@H](C)OC(=O)c1cc(C)n(-c2ccc(C)cc2)c1C. The molecule has 0 aliphatic rings. The number of aromatic nitrogens is 1. The first-order valence-electron chi connectivity index (χ1n) is 8.24. The Morgan fingerprint density at radius 3 is 2.27 bits per heavy atom. The zero-order valence-corrected chi connectivity index (χ0v) is 15.5. The number of urea groups is 1. The van der Waals surface area contributed by atoms with Crippen molar-refractivity contribution in [2.45, 2.75) is 33.8 Å². The van der Waals surface area contributed by atoms with Crippen LogP contribution in [0.1, 0.15) is 34.2 Å². The summed E-state index contributed by atoms with van der Waals surface area (Å²) < 4.78 is 7.15. The lowest BCUT2D eigenvalue weighted by atomic mass is 10.2. The standard InChI is InChI=1S/C19H23N3O4/c1-11-6-8-15(9-7-11)22-12(2)10-16(13(22)3)18(24)26-14(4)17(23)21-19(25)20-5/h6-10,14H,1-5H3,(H2,20,21,23,25)/t14-/m1/s1. The molecular formula is C19H23N3O4. The van der Waals surface area contributed by atoms with Crippen LogP contribution in [0.4, 0.5) is 4.79 Å². The summed E-state index contributed by atoms with van der Waals surface area (Å²) in [6.45, 7) is 7.13. The molecule has 0 saturated heterocycles. The molecule has 1 atom stereocenters. The Kier molecular flexibility index (Phi) is 5.82. The summed E-state index contributed by atoms with van der Waals surface area (Å²) in [5.74, 6) is -1.30. The second kappa shape index (κ2) is 7.86. The van der Waals surface area contributed by atoms with E-state index in [0.29, 0.717) is 5.56 Å². The number of hydrogen-bond acceptors (Lipinski definition) is 4. The van der Waals surface area contributed by atoms with Gasteiger partial charge < -0.3 is 14.6 Å². The molecule has 2 rings (SSSR count). The largest absolute Gasteiger partial charge is 0.449 e. The molecule has 26 heavy (non-hydrogen) atoms. The first-order chi connectivity index (χ1) is 12.2. The maximum Gasteiger partial charge on any atom is 0.340 e. The van der Waals surface area contributed by atoms with Gasteiger partial charge in [0.2, 0.25) is 0 Å². The highest BCUT2D eigenvalue weighted by Crippen LogP contribution is 2.22. The van der Waals surface area contributed by atoms with Crippen LogP contribution in [0.3, 0.4) is 0 Å². The Balaban J connectivity index is 2.20. The van der Waals surface area contributed by atoms with Crippen LogP contribution in [-0.2, 0) is 9.53 Å². The number of esters is 1. The molecule has 1 aromatic carbocycles. The molecule has 0 spiro atoms. The van der Waals surface area contributed by atoms with Gasteiger partial charge in [-0.2, -0.15) is 0 Å². The number of nitrogens with zero attached hydrogens (tertiary/aromatic N) is 1. The number of rotatable bonds is 4. The summed E-state index contributed by atoms with van der Waals surface area (Å²) in [5.41, 5.74) is 4.06. The van der Waals surface area contributed by atoms with Crippen molar-refractivity contribution in [3.8, 4) is 5.69 Å². The summed E-state index contributed by atoms with van der Waals surface area (Å²) in [7, 11) is 1.39. The van der Waals surface area contributed by atoms with E-state index in [1.54, 1.807) is 6.07 Å². The molecular weight excluding hydrogens is 334 g/mol. The van der Waals surface area contributed by atoms with Gasteiger partial charge in [-0.3, -0.25) is 10.1 Å². The van der Waals surface area contributed by atoms with Crippen molar-refractivity contribution in [2.75, 3.05) is 7.05 Å². The molecule has 0 bridgehead atoms. The molecule has 0 unspecified atom stereocenters. The molecule has 0 aliphatic carbocycles. The molecule has 1 heterocycles. The lowest BCUT2D eigenvalue weighted by Gasteiger charge is -2.13. The molecule has 2 aromatic rings. The van der Waals surface area contributed by atoms with Crippen LogP contribution in [0.25, 0.3) is 5.69 Å². The lowest BCUT2D eigenvalue weighted by molar-refractivity contribution is -0.127. The highest BCUT2D eigenvalue weighted by molar-refractivity contribution is 5.98. The van der Waals surface area contributed by atoms with Gasteiger partial charge in [0.25, 0.3) is 5.91 Å². The van der Waals surface area contributed by atoms with Gasteiger partial charge in [-0.25, -0.2) is 9.59 Å². The zero-order chi connectivity index (χ0) is 19.4. The summed E-state index contributed by atoms with van der Waals surface area (Å²) in [6, 6.07) is 9.01. The Morgan fingerprint density at radius 1 is 1.08 bits per heavy atom. The molecule has 7 nitrogen and oxygen atoms in total. The van der Waals surface area contributed by atoms with E-state index >= 15 is 0 Å². The summed E-state index contributed by atoms with van der Waals surface area (Å²) in [5, 5.41) is 4.34. The van der Waals surface area contributed by atoms with E-state index in [9.17, 15) is 14.4 Å². The summed E-state index contributed by atoms with van der Waals surface area (Å²) >= 11 is 0. The predicted octanol–water partition coefficient (Wildman–Crippen LogP) is 2.40. The van der Waals surface area contributed by atoms with Crippen molar-refractivity contribution >= 4 is 17.9 Å². The highest BCUT2D eigenvalue weighted by atomic mass is 16.5. The van der Waals surface area contributed by atoms with Crippen LogP contribution in [0.15, 0.2) is 30.3 Å². The number of carbonyl (C=O) groups is 3. The Hall–Kier alpha value is -3.09. The normalized spacial score (nSPS) is 11.6. The van der Waals surface area contributed by atoms with Gasteiger partial charge in [0.05, 0.1) is 5.56 Å². The van der Waals surface area contributed by atoms with Gasteiger partial charge in [-0.15, -0.1) is 0 Å². The average Bonchev–Trinajstić information content (AvgIpc) is 2.90. The quantitative estimate of drug-likeness (QED) is 0.822. The number of ether oxygens (including phenoxy) is 1. The Bertz CT molecular complexity index is 837. The first-order valence-corrected chi connectivity index (χ1v) is 8.24. The predicted molar refractivity (Wildman–Crippen MR) is 97.5 cm³/mol. The highest BCUT2D eigenvalue weighted by Gasteiger charge is 2.23. The minimum absolute atomic E-state index is 0.377. The fraction of sp³-hybridized carbons (Fsp3) is 0.316. The minimum Gasteiger partial charge on any atom is -0.449 e. The van der Waals surface area contributed by atoms with Crippen molar-refractivity contribution in [1.29, 1.82) is 0 Å². The minimum atomic E-state index is -1.10. The second-order valence-electron chi connectivity index (χ2n) is 6.07. The van der Waals surface area contributed by atoms with Crippen LogP contribution >= 0.6 is 0 Å². The monoisotopic (exact) mass is 357 g/mol. The summed E-state index contributed by atoms with van der Waals surface area (Å²) in [6.07, 6.45) is -1.10. The van der Waals surface area contributed by atoms with Crippen molar-refractivity contribution in [3.05, 3.63) is 52.8 Å². The molecule has 138 valence electrons. The third kappa shape index (κ3) is 4.11. The smallest absolute Gasteiger partial charge is 0.340 e. The fourth-order valence-electron chi connectivity index (χ4n) is 2.61. The number of imide groups is 1. The van der Waals surface area contributed by atoms with Crippen molar-refractivity contribution in [3.63, 3.8) is 0 Å². The van der Waals surface area contributed by atoms with E-state index in [-0.39, 0.29) is 0 Å². The molecule has 7 heteroatoms. The third-order valence-corrected chi connectivity index (χ3v) is 4.06. The van der Waals surface area contributed by atoms with Crippen LogP contribution in [0.2, 0.25) is 0 Å². The second-order valence-corrected chi connectivity index (χ2v) is 6.07. The number of nitrogens with one attached hydrogen (secondary N) is 2. The fourth-order valence-corrected chi connectivity index (χ4v) is 2.61. The van der Waals surface area contributed by atoms with Crippen molar-refractivity contribution in [2.24, 2.45) is 0 Å². The number of carbonyl (C=O) groups excluding carboxylic acids is 3. The van der Waals surface area contributed by atoms with Crippen LogP contribution in [0, 0.1) is 20.8 Å². The van der Waals surface area contributed by atoms with Crippen LogP contribution < -0.4 is 10.6 Å². The number of amides is 3. The maximum atomic E-state index is 12.5. The molecule has 0 radical (unpaired) electrons. The van der Waals surface area contributed by atoms with E-state index in [0.717, 1.165) is 22.6 Å². The lowest BCUT2D eigenvalue weighted by Crippen LogP contribution is -2.43. The maximum absolute atomic E-state index is 12.5. The van der Waals surface area contributed by atoms with E-state index in [1.807, 2.05) is 49.6 Å². The van der Waals surface area contributed by atoms with E-state index in [4.69, 9.17) is 4.74 Å². The van der Waals surface area contributed by atoms with Crippen LogP contribution in [0.5, 0.6) is 0 Å². The van der Waals surface area contributed by atoms with Crippen molar-refractivity contribution < 1.29 is 19.1 Å². The molecule has 1 aromatic heterocycles. The third-order valence-electron chi connectivity index (χ3n) is 4.06. The van der Waals surface area contributed by atoms with Gasteiger partial charge in [-0.05, 0) is 45.9 Å². The van der Waals surface area contributed by atoms with Gasteiger partial charge in [-0.1, -0.05) is 17.7 Å². The average molecular weight is 357 g/mol. The van der Waals surface area contributed by atoms with Gasteiger partial charge in [0.1, 0.15) is 0 Å². The van der Waals surface area contributed by atoms with Crippen molar-refractivity contribution in [1.82, 2.24) is 15.2 Å². The van der Waals surface area contributed by atoms with E-state index < -0.39 is 24.0 Å². The molecule has 0 saturated carbocycles. The molecule has 0 aliphatic heterocycles. The van der Waals surface area contributed by atoms with Gasteiger partial charge in [0, 0.05) is 24.1 Å².